The summed E-state index contributed by atoms with van der Waals surface area (Å²) in [5.41, 5.74) is 15.9. The molecule has 46 heavy (non-hydrogen) atoms. The molecule has 0 aromatic carbocycles. The summed E-state index contributed by atoms with van der Waals surface area (Å²) >= 11 is 0. The van der Waals surface area contributed by atoms with E-state index in [1.165, 1.54) is 0 Å². The third kappa shape index (κ3) is 11.8. The molecule has 1 spiro atoms. The molecule has 266 valence electrons. The van der Waals surface area contributed by atoms with E-state index in [1.807, 2.05) is 20.8 Å². The lowest BCUT2D eigenvalue weighted by Gasteiger charge is -2.39. The number of ketones is 1. The largest absolute Gasteiger partial charge is 0.464 e. The Morgan fingerprint density at radius 1 is 0.587 bits per heavy atom. The molecule has 0 aromatic rings. The van der Waals surface area contributed by atoms with Gasteiger partial charge < -0.3 is 40.9 Å². The summed E-state index contributed by atoms with van der Waals surface area (Å²) in [6.45, 7) is 12.9. The molecule has 4 rings (SSSR count). The number of carbonyl (C=O) groups is 4. The van der Waals surface area contributed by atoms with Gasteiger partial charge in [-0.15, -0.1) is 0 Å². The smallest absolute Gasteiger partial charge is 0.326 e. The molecule has 12 heteroatoms. The van der Waals surface area contributed by atoms with E-state index in [0.717, 1.165) is 44.9 Å². The first-order valence-electron chi connectivity index (χ1n) is 17.3. The molecule has 1 saturated heterocycles. The van der Waals surface area contributed by atoms with E-state index in [0.29, 0.717) is 89.8 Å². The van der Waals surface area contributed by atoms with Crippen molar-refractivity contribution in [3.05, 3.63) is 0 Å². The Hall–Kier alpha value is -2.12. The summed E-state index contributed by atoms with van der Waals surface area (Å²) in [6.07, 6.45) is 10.1. The zero-order chi connectivity index (χ0) is 34.5. The fourth-order valence-electron chi connectivity index (χ4n) is 5.84. The molecule has 1 heterocycles. The van der Waals surface area contributed by atoms with E-state index in [2.05, 4.69) is 13.8 Å². The van der Waals surface area contributed by atoms with Crippen molar-refractivity contribution in [2.75, 3.05) is 33.0 Å². The monoisotopic (exact) mass is 655 g/mol. The molecule has 1 aliphatic heterocycles. The molecule has 0 radical (unpaired) electrons. The van der Waals surface area contributed by atoms with Crippen molar-refractivity contribution in [1.82, 2.24) is 0 Å². The number of esters is 3. The summed E-state index contributed by atoms with van der Waals surface area (Å²) in [5, 5.41) is 0. The molecule has 0 atom stereocenters. The number of nitrogens with two attached hydrogens (primary N) is 3. The first kappa shape index (κ1) is 40.1. The summed E-state index contributed by atoms with van der Waals surface area (Å²) in [7, 11) is 0. The van der Waals surface area contributed by atoms with Crippen LogP contribution in [0.25, 0.3) is 0 Å². The highest BCUT2D eigenvalue weighted by Gasteiger charge is 2.48. The molecule has 4 fully saturated rings. The van der Waals surface area contributed by atoms with E-state index >= 15 is 0 Å². The van der Waals surface area contributed by atoms with Crippen molar-refractivity contribution in [1.29, 1.82) is 0 Å². The summed E-state index contributed by atoms with van der Waals surface area (Å²) in [5.74, 6) is -1.14. The summed E-state index contributed by atoms with van der Waals surface area (Å²) < 4.78 is 26.5. The predicted molar refractivity (Wildman–Crippen MR) is 173 cm³/mol. The summed E-state index contributed by atoms with van der Waals surface area (Å²) in [6, 6.07) is 0. The molecule has 4 aliphatic rings. The van der Waals surface area contributed by atoms with Gasteiger partial charge >= 0.3 is 17.9 Å². The Balaban J connectivity index is 0.000000242. The van der Waals surface area contributed by atoms with Gasteiger partial charge in [-0.3, -0.25) is 19.2 Å². The number of hydrogen-bond acceptors (Lipinski definition) is 12. The normalized spacial score (nSPS) is 25.6. The lowest BCUT2D eigenvalue weighted by atomic mass is 9.70. The first-order valence-corrected chi connectivity index (χ1v) is 17.3. The molecular weight excluding hydrogens is 594 g/mol. The summed E-state index contributed by atoms with van der Waals surface area (Å²) in [4.78, 5) is 46.1. The molecule has 12 nitrogen and oxygen atoms in total. The SMILES string of the molecule is CCCOC(=O)C1(N)CCC(=O)CC1.CCCOC(=O)C1(N)CCC(C)(C)CC1.CCCOC(=O)C1(N)CCC2(CC1)OCCO2. The van der Waals surface area contributed by atoms with E-state index in [9.17, 15) is 19.2 Å². The minimum atomic E-state index is -0.914. The highest BCUT2D eigenvalue weighted by atomic mass is 16.7. The third-order valence-electron chi connectivity index (χ3n) is 9.44. The minimum Gasteiger partial charge on any atom is -0.464 e. The molecule has 0 bridgehead atoms. The van der Waals surface area contributed by atoms with Crippen molar-refractivity contribution in [3.63, 3.8) is 0 Å². The molecule has 0 amide bonds. The van der Waals surface area contributed by atoms with Gasteiger partial charge in [-0.25, -0.2) is 0 Å². The highest BCUT2D eigenvalue weighted by Crippen LogP contribution is 2.40. The fraction of sp³-hybridized carbons (Fsp3) is 0.882. The van der Waals surface area contributed by atoms with Crippen LogP contribution in [0, 0.1) is 5.41 Å². The van der Waals surface area contributed by atoms with Crippen molar-refractivity contribution >= 4 is 23.7 Å². The average molecular weight is 656 g/mol. The molecule has 3 aliphatic carbocycles. The molecule has 3 saturated carbocycles. The van der Waals surface area contributed by atoms with Gasteiger partial charge in [0.05, 0.1) is 33.0 Å². The van der Waals surface area contributed by atoms with Gasteiger partial charge in [0.25, 0.3) is 0 Å². The maximum absolute atomic E-state index is 11.9. The number of rotatable bonds is 9. The number of Topliss-reactive ketones (excluding diaryl/α,β-unsaturated/α-hetero) is 1. The molecule has 6 N–H and O–H groups in total. The van der Waals surface area contributed by atoms with Crippen LogP contribution in [-0.2, 0) is 42.9 Å². The van der Waals surface area contributed by atoms with E-state index < -0.39 is 22.4 Å². The highest BCUT2D eigenvalue weighted by molar-refractivity contribution is 5.86. The van der Waals surface area contributed by atoms with Gasteiger partial charge in [-0.2, -0.15) is 0 Å². The molecule has 0 unspecified atom stereocenters. The van der Waals surface area contributed by atoms with Crippen LogP contribution in [0.15, 0.2) is 0 Å². The third-order valence-corrected chi connectivity index (χ3v) is 9.44. The van der Waals surface area contributed by atoms with Crippen LogP contribution in [0.1, 0.15) is 131 Å². The van der Waals surface area contributed by atoms with Gasteiger partial charge in [-0.05, 0) is 76.0 Å². The Bertz CT molecular complexity index is 980. The van der Waals surface area contributed by atoms with Crippen LogP contribution < -0.4 is 17.2 Å². The van der Waals surface area contributed by atoms with E-state index in [-0.39, 0.29) is 23.7 Å². The second-order valence-electron chi connectivity index (χ2n) is 14.2. The van der Waals surface area contributed by atoms with Gasteiger partial charge in [0.1, 0.15) is 22.4 Å². The lowest BCUT2D eigenvalue weighted by molar-refractivity contribution is -0.190. The predicted octanol–water partition coefficient (Wildman–Crippen LogP) is 3.97. The maximum Gasteiger partial charge on any atom is 0.326 e. The van der Waals surface area contributed by atoms with Crippen LogP contribution >= 0.6 is 0 Å². The van der Waals surface area contributed by atoms with Gasteiger partial charge in [0.15, 0.2) is 5.79 Å². The maximum atomic E-state index is 11.9. The van der Waals surface area contributed by atoms with Crippen LogP contribution in [0.2, 0.25) is 0 Å². The molecular formula is C34H61N3O9. The van der Waals surface area contributed by atoms with Gasteiger partial charge in [-0.1, -0.05) is 34.6 Å². The first-order chi connectivity index (χ1) is 21.6. The number of ether oxygens (including phenoxy) is 5. The Morgan fingerprint density at radius 2 is 0.913 bits per heavy atom. The average Bonchev–Trinajstić information content (AvgIpc) is 3.51. The Kier molecular flexibility index (Phi) is 15.6. The fourth-order valence-corrected chi connectivity index (χ4v) is 5.84. The van der Waals surface area contributed by atoms with E-state index in [1.54, 1.807) is 0 Å². The molecule has 0 aromatic heterocycles. The van der Waals surface area contributed by atoms with Crippen LogP contribution in [0.4, 0.5) is 0 Å². The quantitative estimate of drug-likeness (QED) is 0.239. The van der Waals surface area contributed by atoms with Crippen molar-refractivity contribution in [2.24, 2.45) is 22.6 Å². The van der Waals surface area contributed by atoms with Crippen molar-refractivity contribution in [3.8, 4) is 0 Å². The van der Waals surface area contributed by atoms with Crippen LogP contribution in [-0.4, -0.2) is 79.1 Å². The zero-order valence-corrected chi connectivity index (χ0v) is 29.0. The Labute approximate surface area is 275 Å². The van der Waals surface area contributed by atoms with Crippen LogP contribution in [0.5, 0.6) is 0 Å². The lowest BCUT2D eigenvalue weighted by Crippen LogP contribution is -2.55. The number of carbonyl (C=O) groups excluding carboxylic acids is 4. The second-order valence-corrected chi connectivity index (χ2v) is 14.2. The van der Waals surface area contributed by atoms with Gasteiger partial charge in [0, 0.05) is 25.7 Å². The van der Waals surface area contributed by atoms with Crippen molar-refractivity contribution < 1.29 is 42.9 Å². The van der Waals surface area contributed by atoms with Crippen LogP contribution in [0.3, 0.4) is 0 Å². The second kappa shape index (κ2) is 17.9. The van der Waals surface area contributed by atoms with Crippen molar-refractivity contribution in [2.45, 2.75) is 153 Å². The Morgan fingerprint density at radius 3 is 1.26 bits per heavy atom. The topological polar surface area (TPSA) is 192 Å². The minimum absolute atomic E-state index is 0.189. The van der Waals surface area contributed by atoms with Gasteiger partial charge in [0.2, 0.25) is 0 Å². The zero-order valence-electron chi connectivity index (χ0n) is 29.0. The van der Waals surface area contributed by atoms with E-state index in [4.69, 9.17) is 40.9 Å². The standard InChI is InChI=1S/C12H21NO4.C12H23NO2.C10H17NO3/c1-2-7-15-10(14)11(13)3-5-12(6-4-11)16-8-9-17-12;1-4-9-15-10(14)12(13)7-5-11(2,3)6-8-12;1-2-7-14-9(13)10(11)5-3-8(12)4-6-10/h2-9,13H2,1H3;4-9,13H2,1-3H3;2-7,11H2,1H3. The number of hydrogen-bond donors (Lipinski definition) is 3.